The van der Waals surface area contributed by atoms with E-state index in [9.17, 15) is 0 Å². The van der Waals surface area contributed by atoms with Gasteiger partial charge in [-0.05, 0) is 51.4 Å². The fourth-order valence-electron chi connectivity index (χ4n) is 4.11. The van der Waals surface area contributed by atoms with Gasteiger partial charge in [0.1, 0.15) is 0 Å². The molecule has 1 heterocycles. The van der Waals surface area contributed by atoms with Crippen molar-refractivity contribution < 1.29 is 0 Å². The first kappa shape index (κ1) is 23.0. The molecular weight excluding hydrogens is 304 g/mol. The molecule has 1 aliphatic heterocycles. The second kappa shape index (κ2) is 17.3. The van der Waals surface area contributed by atoms with Crippen LogP contribution in [-0.2, 0) is 0 Å². The highest BCUT2D eigenvalue weighted by atomic mass is 15.1. The molecule has 1 aliphatic rings. The Morgan fingerprint density at radius 2 is 1.16 bits per heavy atom. The lowest BCUT2D eigenvalue weighted by atomic mass is 10.1. The van der Waals surface area contributed by atoms with Crippen molar-refractivity contribution in [1.29, 1.82) is 0 Å². The van der Waals surface area contributed by atoms with Crippen molar-refractivity contribution in [1.82, 2.24) is 10.2 Å². The molecule has 1 unspecified atom stereocenters. The number of nitrogens with one attached hydrogen (secondary N) is 1. The van der Waals surface area contributed by atoms with Crippen LogP contribution in [0.4, 0.5) is 0 Å². The Labute approximate surface area is 159 Å². The number of rotatable bonds is 18. The zero-order valence-electron chi connectivity index (χ0n) is 17.7. The van der Waals surface area contributed by atoms with Gasteiger partial charge >= 0.3 is 0 Å². The van der Waals surface area contributed by atoms with E-state index < -0.39 is 0 Å². The average Bonchev–Trinajstić information content (AvgIpc) is 3.13. The summed E-state index contributed by atoms with van der Waals surface area (Å²) in [4.78, 5) is 2.80. The third-order valence-electron chi connectivity index (χ3n) is 5.83. The molecule has 2 nitrogen and oxygen atoms in total. The quantitative estimate of drug-likeness (QED) is 0.287. The maximum absolute atomic E-state index is 3.54. The first-order chi connectivity index (χ1) is 12.4. The maximum Gasteiger partial charge on any atom is 0.00223 e. The SMILES string of the molecule is CCCCCCCCCN(CCCCCCCCC)CC1CCNC1. The monoisotopic (exact) mass is 352 g/mol. The molecule has 1 atom stereocenters. The van der Waals surface area contributed by atoms with Crippen LogP contribution in [0.5, 0.6) is 0 Å². The lowest BCUT2D eigenvalue weighted by Crippen LogP contribution is -2.32. The van der Waals surface area contributed by atoms with Gasteiger partial charge in [0, 0.05) is 6.54 Å². The van der Waals surface area contributed by atoms with Gasteiger partial charge in [-0.15, -0.1) is 0 Å². The van der Waals surface area contributed by atoms with Gasteiger partial charge in [-0.1, -0.05) is 90.9 Å². The first-order valence-corrected chi connectivity index (χ1v) is 11.8. The van der Waals surface area contributed by atoms with Gasteiger partial charge in [0.25, 0.3) is 0 Å². The zero-order chi connectivity index (χ0) is 18.0. The molecular formula is C23H48N2. The van der Waals surface area contributed by atoms with E-state index in [1.807, 2.05) is 0 Å². The van der Waals surface area contributed by atoms with E-state index in [0.717, 1.165) is 5.92 Å². The van der Waals surface area contributed by atoms with Crippen molar-refractivity contribution in [2.45, 2.75) is 110 Å². The molecule has 150 valence electrons. The van der Waals surface area contributed by atoms with Crippen LogP contribution in [0.15, 0.2) is 0 Å². The van der Waals surface area contributed by atoms with Gasteiger partial charge < -0.3 is 10.2 Å². The van der Waals surface area contributed by atoms with Crippen LogP contribution in [-0.4, -0.2) is 37.6 Å². The Hall–Kier alpha value is -0.0800. The molecule has 0 saturated carbocycles. The molecule has 1 saturated heterocycles. The molecule has 0 aliphatic carbocycles. The van der Waals surface area contributed by atoms with Crippen LogP contribution >= 0.6 is 0 Å². The molecule has 0 spiro atoms. The van der Waals surface area contributed by atoms with Crippen molar-refractivity contribution in [3.8, 4) is 0 Å². The van der Waals surface area contributed by atoms with Crippen molar-refractivity contribution in [2.75, 3.05) is 32.7 Å². The highest BCUT2D eigenvalue weighted by Crippen LogP contribution is 2.14. The molecule has 0 amide bonds. The Morgan fingerprint density at radius 1 is 0.680 bits per heavy atom. The van der Waals surface area contributed by atoms with Crippen molar-refractivity contribution in [3.05, 3.63) is 0 Å². The summed E-state index contributed by atoms with van der Waals surface area (Å²) in [6.07, 6.45) is 21.4. The van der Waals surface area contributed by atoms with Crippen LogP contribution < -0.4 is 5.32 Å². The number of nitrogens with zero attached hydrogens (tertiary/aromatic N) is 1. The second-order valence-electron chi connectivity index (χ2n) is 8.40. The van der Waals surface area contributed by atoms with E-state index in [0.29, 0.717) is 0 Å². The van der Waals surface area contributed by atoms with E-state index in [1.165, 1.54) is 129 Å². The number of hydrogen-bond acceptors (Lipinski definition) is 2. The smallest absolute Gasteiger partial charge is 0.00223 e. The summed E-state index contributed by atoms with van der Waals surface area (Å²) in [6.45, 7) is 11.1. The summed E-state index contributed by atoms with van der Waals surface area (Å²) >= 11 is 0. The Morgan fingerprint density at radius 3 is 1.60 bits per heavy atom. The summed E-state index contributed by atoms with van der Waals surface area (Å²) in [5, 5.41) is 3.54. The molecule has 0 bridgehead atoms. The topological polar surface area (TPSA) is 15.3 Å². The van der Waals surface area contributed by atoms with Crippen molar-refractivity contribution in [3.63, 3.8) is 0 Å². The molecule has 0 aromatic rings. The number of unbranched alkanes of at least 4 members (excludes halogenated alkanes) is 12. The van der Waals surface area contributed by atoms with Gasteiger partial charge in [0.15, 0.2) is 0 Å². The molecule has 25 heavy (non-hydrogen) atoms. The summed E-state index contributed by atoms with van der Waals surface area (Å²) < 4.78 is 0. The Kier molecular flexibility index (Phi) is 15.9. The van der Waals surface area contributed by atoms with E-state index in [1.54, 1.807) is 0 Å². The fourth-order valence-corrected chi connectivity index (χ4v) is 4.11. The van der Waals surface area contributed by atoms with Crippen LogP contribution in [0.2, 0.25) is 0 Å². The Balaban J connectivity index is 2.09. The van der Waals surface area contributed by atoms with E-state index in [2.05, 4.69) is 24.1 Å². The van der Waals surface area contributed by atoms with Gasteiger partial charge in [0.05, 0.1) is 0 Å². The molecule has 2 heteroatoms. The number of hydrogen-bond donors (Lipinski definition) is 1. The summed E-state index contributed by atoms with van der Waals surface area (Å²) in [5.74, 6) is 0.911. The normalized spacial score (nSPS) is 17.6. The van der Waals surface area contributed by atoms with Crippen LogP contribution in [0, 0.1) is 5.92 Å². The van der Waals surface area contributed by atoms with Gasteiger partial charge in [-0.3, -0.25) is 0 Å². The molecule has 1 N–H and O–H groups in total. The average molecular weight is 353 g/mol. The van der Waals surface area contributed by atoms with Crippen LogP contribution in [0.1, 0.15) is 110 Å². The highest BCUT2D eigenvalue weighted by molar-refractivity contribution is 4.75. The van der Waals surface area contributed by atoms with Crippen LogP contribution in [0.25, 0.3) is 0 Å². The van der Waals surface area contributed by atoms with E-state index in [4.69, 9.17) is 0 Å². The summed E-state index contributed by atoms with van der Waals surface area (Å²) in [7, 11) is 0. The second-order valence-corrected chi connectivity index (χ2v) is 8.40. The lowest BCUT2D eigenvalue weighted by Gasteiger charge is -2.25. The summed E-state index contributed by atoms with van der Waals surface area (Å²) in [6, 6.07) is 0. The molecule has 0 aromatic carbocycles. The Bertz CT molecular complexity index is 243. The van der Waals surface area contributed by atoms with Gasteiger partial charge in [0.2, 0.25) is 0 Å². The third-order valence-corrected chi connectivity index (χ3v) is 5.83. The maximum atomic E-state index is 3.54. The minimum absolute atomic E-state index is 0.911. The zero-order valence-corrected chi connectivity index (χ0v) is 17.7. The minimum atomic E-state index is 0.911. The van der Waals surface area contributed by atoms with Crippen molar-refractivity contribution >= 4 is 0 Å². The molecule has 1 rings (SSSR count). The van der Waals surface area contributed by atoms with Crippen LogP contribution in [0.3, 0.4) is 0 Å². The van der Waals surface area contributed by atoms with E-state index >= 15 is 0 Å². The first-order valence-electron chi connectivity index (χ1n) is 11.8. The van der Waals surface area contributed by atoms with Gasteiger partial charge in [-0.2, -0.15) is 0 Å². The fraction of sp³-hybridized carbons (Fsp3) is 1.00. The molecule has 0 radical (unpaired) electrons. The summed E-state index contributed by atoms with van der Waals surface area (Å²) in [5.41, 5.74) is 0. The lowest BCUT2D eigenvalue weighted by molar-refractivity contribution is 0.227. The minimum Gasteiger partial charge on any atom is -0.316 e. The van der Waals surface area contributed by atoms with Gasteiger partial charge in [-0.25, -0.2) is 0 Å². The molecule has 0 aromatic heterocycles. The largest absolute Gasteiger partial charge is 0.316 e. The highest BCUT2D eigenvalue weighted by Gasteiger charge is 2.17. The predicted octanol–water partition coefficient (Wildman–Crippen LogP) is 6.40. The van der Waals surface area contributed by atoms with E-state index in [-0.39, 0.29) is 0 Å². The molecule has 1 fully saturated rings. The van der Waals surface area contributed by atoms with Crippen molar-refractivity contribution in [2.24, 2.45) is 5.92 Å². The predicted molar refractivity (Wildman–Crippen MR) is 113 cm³/mol. The standard InChI is InChI=1S/C23H48N2/c1-3-5-7-9-11-13-15-19-25(22-23-17-18-24-21-23)20-16-14-12-10-8-6-4-2/h23-24H,3-22H2,1-2H3. The third kappa shape index (κ3) is 13.7.